The molecule has 5 heteroatoms. The largest absolute Gasteiger partial charge is 0.396 e. The summed E-state index contributed by atoms with van der Waals surface area (Å²) in [7, 11) is 2.11. The van der Waals surface area contributed by atoms with Crippen LogP contribution in [0, 0.1) is 0 Å². The van der Waals surface area contributed by atoms with E-state index in [9.17, 15) is 4.79 Å². The second-order valence-electron chi connectivity index (χ2n) is 6.36. The average molecular weight is 315 g/mol. The van der Waals surface area contributed by atoms with Crippen LogP contribution in [0.2, 0.25) is 0 Å². The van der Waals surface area contributed by atoms with Crippen LogP contribution in [0.1, 0.15) is 29.6 Å². The number of nitrogens with one attached hydrogen (secondary N) is 1. The number of aromatic nitrogens is 1. The fourth-order valence-electron chi connectivity index (χ4n) is 3.38. The van der Waals surface area contributed by atoms with Gasteiger partial charge in [-0.15, -0.1) is 0 Å². The molecular weight excluding hydrogens is 290 g/mol. The molecule has 23 heavy (non-hydrogen) atoms. The molecule has 2 heterocycles. The van der Waals surface area contributed by atoms with E-state index < -0.39 is 0 Å². The number of benzene rings is 1. The first kappa shape index (κ1) is 16.0. The number of amides is 1. The zero-order valence-corrected chi connectivity index (χ0v) is 13.7. The van der Waals surface area contributed by atoms with Crippen LogP contribution >= 0.6 is 0 Å². The van der Waals surface area contributed by atoms with Gasteiger partial charge in [0.05, 0.1) is 0 Å². The van der Waals surface area contributed by atoms with Crippen LogP contribution in [0.3, 0.4) is 0 Å². The SMILES string of the molecule is CN(CCCO)C1CCN(C(=O)c2ccc3[nH]ccc3c2)CC1. The molecule has 5 nitrogen and oxygen atoms in total. The van der Waals surface area contributed by atoms with Gasteiger partial charge in [0.2, 0.25) is 0 Å². The van der Waals surface area contributed by atoms with E-state index in [0.29, 0.717) is 6.04 Å². The summed E-state index contributed by atoms with van der Waals surface area (Å²) in [4.78, 5) is 20.1. The van der Waals surface area contributed by atoms with Gasteiger partial charge in [-0.25, -0.2) is 0 Å². The lowest BCUT2D eigenvalue weighted by Gasteiger charge is -2.36. The van der Waals surface area contributed by atoms with Crippen molar-refractivity contribution in [3.8, 4) is 0 Å². The molecule has 124 valence electrons. The first-order valence-electron chi connectivity index (χ1n) is 8.36. The number of carbonyl (C=O) groups is 1. The number of aliphatic hydroxyl groups excluding tert-OH is 1. The second kappa shape index (κ2) is 7.15. The number of fused-ring (bicyclic) bond motifs is 1. The number of aliphatic hydroxyl groups is 1. The van der Waals surface area contributed by atoms with Crippen molar-refractivity contribution in [2.24, 2.45) is 0 Å². The summed E-state index contributed by atoms with van der Waals surface area (Å²) in [5.41, 5.74) is 1.83. The molecule has 0 radical (unpaired) electrons. The lowest BCUT2D eigenvalue weighted by Crippen LogP contribution is -2.45. The Morgan fingerprint density at radius 2 is 2.13 bits per heavy atom. The van der Waals surface area contributed by atoms with E-state index in [0.717, 1.165) is 55.4 Å². The Balaban J connectivity index is 1.59. The topological polar surface area (TPSA) is 59.6 Å². The van der Waals surface area contributed by atoms with Crippen molar-refractivity contribution in [1.82, 2.24) is 14.8 Å². The van der Waals surface area contributed by atoms with Crippen LogP contribution in [0.15, 0.2) is 30.5 Å². The van der Waals surface area contributed by atoms with Crippen LogP contribution in [0.25, 0.3) is 10.9 Å². The molecule has 0 aliphatic carbocycles. The van der Waals surface area contributed by atoms with Gasteiger partial charge in [0, 0.05) is 54.9 Å². The number of aromatic amines is 1. The van der Waals surface area contributed by atoms with Crippen LogP contribution in [-0.4, -0.2) is 65.1 Å². The minimum atomic E-state index is 0.129. The molecule has 0 spiro atoms. The van der Waals surface area contributed by atoms with E-state index in [-0.39, 0.29) is 12.5 Å². The van der Waals surface area contributed by atoms with Gasteiger partial charge in [0.15, 0.2) is 0 Å². The van der Waals surface area contributed by atoms with Crippen molar-refractivity contribution >= 4 is 16.8 Å². The molecular formula is C18H25N3O2. The van der Waals surface area contributed by atoms with Crippen molar-refractivity contribution in [3.63, 3.8) is 0 Å². The number of hydrogen-bond donors (Lipinski definition) is 2. The Labute approximate surface area is 136 Å². The number of carbonyl (C=O) groups excluding carboxylic acids is 1. The Morgan fingerprint density at radius 3 is 2.87 bits per heavy atom. The van der Waals surface area contributed by atoms with Crippen molar-refractivity contribution in [2.45, 2.75) is 25.3 Å². The van der Waals surface area contributed by atoms with E-state index in [1.165, 1.54) is 0 Å². The molecule has 0 bridgehead atoms. The van der Waals surface area contributed by atoms with Gasteiger partial charge >= 0.3 is 0 Å². The van der Waals surface area contributed by atoms with Gasteiger partial charge in [-0.05, 0) is 50.6 Å². The van der Waals surface area contributed by atoms with Gasteiger partial charge in [-0.1, -0.05) is 0 Å². The Kier molecular flexibility index (Phi) is 4.98. The minimum absolute atomic E-state index is 0.129. The molecule has 2 N–H and O–H groups in total. The van der Waals surface area contributed by atoms with Gasteiger partial charge in [-0.2, -0.15) is 0 Å². The molecule has 1 aromatic carbocycles. The number of hydrogen-bond acceptors (Lipinski definition) is 3. The summed E-state index contributed by atoms with van der Waals surface area (Å²) in [6, 6.07) is 8.35. The van der Waals surface area contributed by atoms with Crippen LogP contribution < -0.4 is 0 Å². The molecule has 2 aromatic rings. The highest BCUT2D eigenvalue weighted by Crippen LogP contribution is 2.20. The second-order valence-corrected chi connectivity index (χ2v) is 6.36. The molecule has 1 saturated heterocycles. The van der Waals surface area contributed by atoms with Crippen molar-refractivity contribution < 1.29 is 9.90 Å². The molecule has 0 saturated carbocycles. The monoisotopic (exact) mass is 315 g/mol. The quantitative estimate of drug-likeness (QED) is 0.888. The first-order valence-corrected chi connectivity index (χ1v) is 8.36. The van der Waals surface area contributed by atoms with Crippen molar-refractivity contribution in [1.29, 1.82) is 0 Å². The summed E-state index contributed by atoms with van der Waals surface area (Å²) in [5.74, 6) is 0.129. The maximum Gasteiger partial charge on any atom is 0.253 e. The van der Waals surface area contributed by atoms with E-state index >= 15 is 0 Å². The molecule has 1 aliphatic rings. The Hall–Kier alpha value is -1.85. The third-order valence-electron chi connectivity index (χ3n) is 4.84. The lowest BCUT2D eigenvalue weighted by atomic mass is 10.0. The van der Waals surface area contributed by atoms with Crippen LogP contribution in [0.5, 0.6) is 0 Å². The maximum atomic E-state index is 12.7. The van der Waals surface area contributed by atoms with Crippen LogP contribution in [0.4, 0.5) is 0 Å². The van der Waals surface area contributed by atoms with E-state index in [1.807, 2.05) is 35.4 Å². The van der Waals surface area contributed by atoms with Gasteiger partial charge in [0.25, 0.3) is 5.91 Å². The maximum absolute atomic E-state index is 12.7. The predicted octanol–water partition coefficient (Wildman–Crippen LogP) is 2.09. The molecule has 1 amide bonds. The molecule has 3 rings (SSSR count). The number of likely N-dealkylation sites (tertiary alicyclic amines) is 1. The highest BCUT2D eigenvalue weighted by molar-refractivity contribution is 5.98. The summed E-state index contributed by atoms with van der Waals surface area (Å²) in [6.45, 7) is 2.76. The van der Waals surface area contributed by atoms with Gasteiger partial charge in [-0.3, -0.25) is 4.79 Å². The highest BCUT2D eigenvalue weighted by Gasteiger charge is 2.25. The third kappa shape index (κ3) is 3.57. The van der Waals surface area contributed by atoms with Crippen molar-refractivity contribution in [2.75, 3.05) is 33.3 Å². The fraction of sp³-hybridized carbons (Fsp3) is 0.500. The van der Waals surface area contributed by atoms with E-state index in [2.05, 4.69) is 16.9 Å². The molecule has 1 aliphatic heterocycles. The Bertz CT molecular complexity index is 659. The van der Waals surface area contributed by atoms with E-state index in [1.54, 1.807) is 0 Å². The molecule has 1 fully saturated rings. The highest BCUT2D eigenvalue weighted by atomic mass is 16.3. The summed E-state index contributed by atoms with van der Waals surface area (Å²) >= 11 is 0. The Morgan fingerprint density at radius 1 is 1.35 bits per heavy atom. The number of H-pyrrole nitrogens is 1. The summed E-state index contributed by atoms with van der Waals surface area (Å²) < 4.78 is 0. The third-order valence-corrected chi connectivity index (χ3v) is 4.84. The van der Waals surface area contributed by atoms with Crippen LogP contribution in [-0.2, 0) is 0 Å². The first-order chi connectivity index (χ1) is 11.2. The molecule has 0 unspecified atom stereocenters. The fourth-order valence-corrected chi connectivity index (χ4v) is 3.38. The number of nitrogens with zero attached hydrogens (tertiary/aromatic N) is 2. The van der Waals surface area contributed by atoms with Gasteiger partial charge < -0.3 is 19.9 Å². The normalized spacial score (nSPS) is 16.4. The van der Waals surface area contributed by atoms with Gasteiger partial charge in [0.1, 0.15) is 0 Å². The molecule has 0 atom stereocenters. The summed E-state index contributed by atoms with van der Waals surface area (Å²) in [5, 5.41) is 10.0. The predicted molar refractivity (Wildman–Crippen MR) is 91.6 cm³/mol. The lowest BCUT2D eigenvalue weighted by molar-refractivity contribution is 0.0641. The van der Waals surface area contributed by atoms with E-state index in [4.69, 9.17) is 5.11 Å². The smallest absolute Gasteiger partial charge is 0.253 e. The number of piperidine rings is 1. The summed E-state index contributed by atoms with van der Waals surface area (Å²) in [6.07, 6.45) is 4.71. The average Bonchev–Trinajstić information content (AvgIpc) is 3.06. The zero-order chi connectivity index (χ0) is 16.2. The zero-order valence-electron chi connectivity index (χ0n) is 13.7. The minimum Gasteiger partial charge on any atom is -0.396 e. The standard InChI is InChI=1S/C18H25N3O2/c1-20(9-2-12-22)16-6-10-21(11-7-16)18(23)15-3-4-17-14(13-15)5-8-19-17/h3-5,8,13,16,19,22H,2,6-7,9-12H2,1H3. The number of rotatable bonds is 5. The van der Waals surface area contributed by atoms with Crippen molar-refractivity contribution in [3.05, 3.63) is 36.0 Å². The molecule has 1 aromatic heterocycles.